The van der Waals surface area contributed by atoms with Crippen LogP contribution in [-0.2, 0) is 16.0 Å². The Labute approximate surface area is 120 Å². The number of carbonyl (C=O) groups is 1. The van der Waals surface area contributed by atoms with E-state index in [9.17, 15) is 9.90 Å². The first-order valence-electron chi connectivity index (χ1n) is 7.18. The lowest BCUT2D eigenvalue weighted by atomic mass is 9.86. The second-order valence-electron chi connectivity index (χ2n) is 5.39. The van der Waals surface area contributed by atoms with Gasteiger partial charge in [-0.3, -0.25) is 4.79 Å². The zero-order valence-electron chi connectivity index (χ0n) is 11.9. The van der Waals surface area contributed by atoms with Crippen LogP contribution >= 0.6 is 0 Å². The van der Waals surface area contributed by atoms with Gasteiger partial charge in [0, 0.05) is 0 Å². The number of aliphatic hydroxyl groups is 1. The summed E-state index contributed by atoms with van der Waals surface area (Å²) in [5, 5.41) is 9.86. The molecule has 2 rings (SSSR count). The first kappa shape index (κ1) is 14.8. The quantitative estimate of drug-likeness (QED) is 0.663. The van der Waals surface area contributed by atoms with Gasteiger partial charge < -0.3 is 9.84 Å². The molecule has 2 atom stereocenters. The molecular formula is C17H22O3. The minimum absolute atomic E-state index is 0.246. The number of hydrogen-bond donors (Lipinski definition) is 1. The highest BCUT2D eigenvalue weighted by Crippen LogP contribution is 2.27. The fourth-order valence-electron chi connectivity index (χ4n) is 2.76. The highest BCUT2D eigenvalue weighted by molar-refractivity contribution is 5.74. The minimum atomic E-state index is -0.421. The molecule has 0 unspecified atom stereocenters. The summed E-state index contributed by atoms with van der Waals surface area (Å²) in [6, 6.07) is 10.4. The lowest BCUT2D eigenvalue weighted by Crippen LogP contribution is -2.25. The number of benzene rings is 1. The van der Waals surface area contributed by atoms with Crippen LogP contribution in [0.1, 0.15) is 31.2 Å². The summed E-state index contributed by atoms with van der Waals surface area (Å²) in [6.45, 7) is 0. The van der Waals surface area contributed by atoms with E-state index in [4.69, 9.17) is 4.74 Å². The highest BCUT2D eigenvalue weighted by atomic mass is 16.5. The molecule has 20 heavy (non-hydrogen) atoms. The van der Waals surface area contributed by atoms with Crippen LogP contribution in [0.25, 0.3) is 0 Å². The average Bonchev–Trinajstić information content (AvgIpc) is 2.47. The molecule has 0 heterocycles. The number of hydrogen-bond acceptors (Lipinski definition) is 3. The fraction of sp³-hybridized carbons (Fsp3) is 0.471. The van der Waals surface area contributed by atoms with E-state index in [-0.39, 0.29) is 11.9 Å². The molecule has 1 aliphatic carbocycles. The van der Waals surface area contributed by atoms with Gasteiger partial charge in [-0.1, -0.05) is 42.0 Å². The Morgan fingerprint density at radius 1 is 1.30 bits per heavy atom. The summed E-state index contributed by atoms with van der Waals surface area (Å²) < 4.78 is 4.77. The van der Waals surface area contributed by atoms with Gasteiger partial charge in [0.1, 0.15) is 0 Å². The fourth-order valence-corrected chi connectivity index (χ4v) is 2.76. The molecule has 0 saturated heterocycles. The topological polar surface area (TPSA) is 46.5 Å². The van der Waals surface area contributed by atoms with Gasteiger partial charge in [0.15, 0.2) is 0 Å². The second-order valence-corrected chi connectivity index (χ2v) is 5.39. The number of carbonyl (C=O) groups excluding carboxylic acids is 1. The molecule has 0 spiro atoms. The van der Waals surface area contributed by atoms with E-state index in [0.29, 0.717) is 12.8 Å². The van der Waals surface area contributed by atoms with Crippen molar-refractivity contribution in [2.75, 3.05) is 7.11 Å². The summed E-state index contributed by atoms with van der Waals surface area (Å²) in [4.78, 5) is 11.6. The predicted molar refractivity (Wildman–Crippen MR) is 78.2 cm³/mol. The van der Waals surface area contributed by atoms with Crippen molar-refractivity contribution < 1.29 is 14.6 Å². The van der Waals surface area contributed by atoms with Crippen molar-refractivity contribution in [2.45, 2.75) is 38.2 Å². The van der Waals surface area contributed by atoms with Crippen LogP contribution in [0.4, 0.5) is 0 Å². The smallest absolute Gasteiger partial charge is 0.312 e. The summed E-state index contributed by atoms with van der Waals surface area (Å²) >= 11 is 0. The van der Waals surface area contributed by atoms with Gasteiger partial charge >= 0.3 is 5.97 Å². The van der Waals surface area contributed by atoms with Crippen molar-refractivity contribution in [1.29, 1.82) is 0 Å². The van der Waals surface area contributed by atoms with E-state index in [2.05, 4.69) is 12.1 Å². The second kappa shape index (κ2) is 7.25. The molecule has 3 heteroatoms. The van der Waals surface area contributed by atoms with Gasteiger partial charge in [-0.05, 0) is 37.7 Å². The first-order valence-corrected chi connectivity index (χ1v) is 7.18. The zero-order valence-corrected chi connectivity index (χ0v) is 11.9. The van der Waals surface area contributed by atoms with Crippen molar-refractivity contribution in [2.24, 2.45) is 5.92 Å². The van der Waals surface area contributed by atoms with Crippen LogP contribution in [0, 0.1) is 5.92 Å². The Kier molecular flexibility index (Phi) is 5.36. The van der Waals surface area contributed by atoms with Crippen LogP contribution < -0.4 is 0 Å². The normalized spacial score (nSPS) is 22.2. The Balaban J connectivity index is 1.87. The molecular weight excluding hydrogens is 252 g/mol. The van der Waals surface area contributed by atoms with Crippen LogP contribution in [0.2, 0.25) is 0 Å². The van der Waals surface area contributed by atoms with E-state index in [1.54, 1.807) is 0 Å². The van der Waals surface area contributed by atoms with Crippen LogP contribution in [-0.4, -0.2) is 24.3 Å². The first-order chi connectivity index (χ1) is 9.69. The van der Waals surface area contributed by atoms with E-state index in [1.165, 1.54) is 18.2 Å². The third kappa shape index (κ3) is 4.20. The molecule has 1 aromatic carbocycles. The SMILES string of the molecule is COC(=O)[C@@H]1C=C(CCCc2ccccc2)C[C@H](O)C1. The van der Waals surface area contributed by atoms with Gasteiger partial charge in [-0.15, -0.1) is 0 Å². The number of esters is 1. The Morgan fingerprint density at radius 3 is 2.75 bits per heavy atom. The average molecular weight is 274 g/mol. The van der Waals surface area contributed by atoms with Crippen LogP contribution in [0.3, 0.4) is 0 Å². The maximum Gasteiger partial charge on any atom is 0.312 e. The molecule has 1 aromatic rings. The van der Waals surface area contributed by atoms with E-state index in [0.717, 1.165) is 19.3 Å². The molecule has 0 saturated carbocycles. The van der Waals surface area contributed by atoms with Gasteiger partial charge in [-0.2, -0.15) is 0 Å². The molecule has 1 N–H and O–H groups in total. The van der Waals surface area contributed by atoms with Gasteiger partial charge in [0.05, 0.1) is 19.1 Å². The summed E-state index contributed by atoms with van der Waals surface area (Å²) in [5.41, 5.74) is 2.50. The molecule has 108 valence electrons. The Morgan fingerprint density at radius 2 is 2.05 bits per heavy atom. The predicted octanol–water partition coefficient (Wildman–Crippen LogP) is 2.88. The number of aryl methyl sites for hydroxylation is 1. The van der Waals surface area contributed by atoms with Crippen molar-refractivity contribution in [3.8, 4) is 0 Å². The van der Waals surface area contributed by atoms with Gasteiger partial charge in [0.2, 0.25) is 0 Å². The molecule has 0 aromatic heterocycles. The zero-order chi connectivity index (χ0) is 14.4. The molecule has 0 amide bonds. The Bertz CT molecular complexity index is 464. The highest BCUT2D eigenvalue weighted by Gasteiger charge is 2.26. The lowest BCUT2D eigenvalue weighted by molar-refractivity contribution is -0.144. The largest absolute Gasteiger partial charge is 0.469 e. The maximum absolute atomic E-state index is 11.6. The summed E-state index contributed by atoms with van der Waals surface area (Å²) in [5.74, 6) is -0.528. The molecule has 1 aliphatic rings. The summed E-state index contributed by atoms with van der Waals surface area (Å²) in [7, 11) is 1.40. The molecule has 0 aliphatic heterocycles. The Hall–Kier alpha value is -1.61. The van der Waals surface area contributed by atoms with Crippen LogP contribution in [0.5, 0.6) is 0 Å². The minimum Gasteiger partial charge on any atom is -0.469 e. The third-order valence-corrected chi connectivity index (χ3v) is 3.77. The van der Waals surface area contributed by atoms with Crippen LogP contribution in [0.15, 0.2) is 42.0 Å². The number of rotatable bonds is 5. The molecule has 0 bridgehead atoms. The van der Waals surface area contributed by atoms with Crippen molar-refractivity contribution in [3.63, 3.8) is 0 Å². The molecule has 3 nitrogen and oxygen atoms in total. The lowest BCUT2D eigenvalue weighted by Gasteiger charge is -2.23. The van der Waals surface area contributed by atoms with Gasteiger partial charge in [-0.25, -0.2) is 0 Å². The number of ether oxygens (including phenoxy) is 1. The van der Waals surface area contributed by atoms with E-state index < -0.39 is 6.10 Å². The molecule has 0 radical (unpaired) electrons. The van der Waals surface area contributed by atoms with Crippen molar-refractivity contribution in [1.82, 2.24) is 0 Å². The number of aliphatic hydroxyl groups excluding tert-OH is 1. The van der Waals surface area contributed by atoms with Crippen molar-refractivity contribution >= 4 is 5.97 Å². The van der Waals surface area contributed by atoms with Crippen molar-refractivity contribution in [3.05, 3.63) is 47.5 Å². The molecule has 0 fully saturated rings. The summed E-state index contributed by atoms with van der Waals surface area (Å²) in [6.07, 6.45) is 5.73. The van der Waals surface area contributed by atoms with Gasteiger partial charge in [0.25, 0.3) is 0 Å². The van der Waals surface area contributed by atoms with E-state index in [1.807, 2.05) is 24.3 Å². The monoisotopic (exact) mass is 274 g/mol. The third-order valence-electron chi connectivity index (χ3n) is 3.77. The maximum atomic E-state index is 11.6. The van der Waals surface area contributed by atoms with E-state index >= 15 is 0 Å². The number of methoxy groups -OCH3 is 1. The standard InChI is InChI=1S/C17H22O3/c1-20-17(19)15-10-14(11-16(18)12-15)9-5-8-13-6-3-2-4-7-13/h2-4,6-7,10,15-16,18H,5,8-9,11-12H2,1H3/t15-,16+/m1/s1.